The lowest BCUT2D eigenvalue weighted by Gasteiger charge is -2.29. The second-order valence-electron chi connectivity index (χ2n) is 7.25. The highest BCUT2D eigenvalue weighted by atomic mass is 16.5. The van der Waals surface area contributed by atoms with Gasteiger partial charge in [0.15, 0.2) is 5.82 Å². The number of rotatable bonds is 2. The molecule has 0 spiro atoms. The van der Waals surface area contributed by atoms with Gasteiger partial charge in [0, 0.05) is 24.7 Å². The molecule has 2 aliphatic rings. The molecule has 7 nitrogen and oxygen atoms in total. The van der Waals surface area contributed by atoms with Gasteiger partial charge in [0.25, 0.3) is 17.7 Å². The van der Waals surface area contributed by atoms with Crippen molar-refractivity contribution >= 4 is 23.5 Å². The van der Waals surface area contributed by atoms with Crippen LogP contribution in [0.1, 0.15) is 48.0 Å². The van der Waals surface area contributed by atoms with E-state index in [4.69, 9.17) is 4.52 Å². The van der Waals surface area contributed by atoms with Crippen LogP contribution in [0.15, 0.2) is 53.1 Å². The highest BCUT2D eigenvalue weighted by Gasteiger charge is 2.39. The predicted octanol–water partition coefficient (Wildman–Crippen LogP) is 2.98. The maximum absolute atomic E-state index is 13.0. The molecule has 3 amide bonds. The van der Waals surface area contributed by atoms with Crippen LogP contribution in [0.25, 0.3) is 0 Å². The molecule has 7 heteroatoms. The van der Waals surface area contributed by atoms with Gasteiger partial charge in [-0.25, -0.2) is 4.90 Å². The molecule has 0 saturated heterocycles. The van der Waals surface area contributed by atoms with Gasteiger partial charge in [0.1, 0.15) is 5.76 Å². The Morgan fingerprint density at radius 1 is 1.00 bits per heavy atom. The molecule has 3 aromatic rings. The smallest absolute Gasteiger partial charge is 0.267 e. The number of aryl methyl sites for hydroxylation is 1. The lowest BCUT2D eigenvalue weighted by Crippen LogP contribution is -2.36. The number of imide groups is 1. The first-order valence-corrected chi connectivity index (χ1v) is 9.35. The van der Waals surface area contributed by atoms with Crippen molar-refractivity contribution in [2.45, 2.75) is 19.9 Å². The molecule has 0 atom stereocenters. The number of carbonyl (C=O) groups excluding carboxylic acids is 3. The topological polar surface area (TPSA) is 83.7 Å². The highest BCUT2D eigenvalue weighted by Crippen LogP contribution is 2.29. The third kappa shape index (κ3) is 2.74. The summed E-state index contributed by atoms with van der Waals surface area (Å²) in [5, 5.41) is 3.77. The Kier molecular flexibility index (Phi) is 3.84. The SMILES string of the molecule is Cc1cc(N2C(=O)c3ccc(C(=O)N4CCc5ccccc5C4)cc3C2=O)no1. The van der Waals surface area contributed by atoms with E-state index < -0.39 is 11.8 Å². The van der Waals surface area contributed by atoms with Crippen molar-refractivity contribution in [3.05, 3.63) is 82.1 Å². The summed E-state index contributed by atoms with van der Waals surface area (Å²) in [6, 6.07) is 14.2. The van der Waals surface area contributed by atoms with E-state index >= 15 is 0 Å². The minimum Gasteiger partial charge on any atom is -0.360 e. The molecule has 29 heavy (non-hydrogen) atoms. The normalized spacial score (nSPS) is 15.5. The maximum atomic E-state index is 13.0. The molecule has 1 aromatic heterocycles. The number of hydrogen-bond donors (Lipinski definition) is 0. The fraction of sp³-hybridized carbons (Fsp3) is 0.182. The highest BCUT2D eigenvalue weighted by molar-refractivity contribution is 6.34. The Balaban J connectivity index is 1.44. The molecule has 2 aliphatic heterocycles. The average molecular weight is 387 g/mol. The van der Waals surface area contributed by atoms with Crippen molar-refractivity contribution in [1.29, 1.82) is 0 Å². The molecule has 0 saturated carbocycles. The Bertz CT molecular complexity index is 1180. The number of carbonyl (C=O) groups is 3. The van der Waals surface area contributed by atoms with Crippen molar-refractivity contribution in [1.82, 2.24) is 10.1 Å². The van der Waals surface area contributed by atoms with Gasteiger partial charge < -0.3 is 9.42 Å². The van der Waals surface area contributed by atoms with Crippen molar-refractivity contribution < 1.29 is 18.9 Å². The van der Waals surface area contributed by atoms with Crippen molar-refractivity contribution in [3.8, 4) is 0 Å². The zero-order valence-electron chi connectivity index (χ0n) is 15.7. The van der Waals surface area contributed by atoms with E-state index in [0.29, 0.717) is 24.4 Å². The zero-order chi connectivity index (χ0) is 20.1. The zero-order valence-corrected chi connectivity index (χ0v) is 15.7. The molecule has 5 rings (SSSR count). The Hall–Kier alpha value is -3.74. The van der Waals surface area contributed by atoms with E-state index in [0.717, 1.165) is 16.9 Å². The van der Waals surface area contributed by atoms with Crippen molar-refractivity contribution in [2.24, 2.45) is 0 Å². The van der Waals surface area contributed by atoms with Gasteiger partial charge in [-0.2, -0.15) is 0 Å². The van der Waals surface area contributed by atoms with Gasteiger partial charge in [-0.15, -0.1) is 0 Å². The predicted molar refractivity (Wildman–Crippen MR) is 104 cm³/mol. The summed E-state index contributed by atoms with van der Waals surface area (Å²) in [6.45, 7) is 2.83. The summed E-state index contributed by atoms with van der Waals surface area (Å²) in [7, 11) is 0. The van der Waals surface area contributed by atoms with E-state index in [-0.39, 0.29) is 22.9 Å². The molecule has 2 aromatic carbocycles. The van der Waals surface area contributed by atoms with Crippen LogP contribution in [0.3, 0.4) is 0 Å². The minimum atomic E-state index is -0.503. The van der Waals surface area contributed by atoms with Crippen LogP contribution < -0.4 is 4.90 Å². The summed E-state index contributed by atoms with van der Waals surface area (Å²) in [5.74, 6) is -0.480. The number of amides is 3. The van der Waals surface area contributed by atoms with Gasteiger partial charge in [-0.3, -0.25) is 14.4 Å². The van der Waals surface area contributed by atoms with Crippen LogP contribution in [0.4, 0.5) is 5.82 Å². The Labute approximate surface area is 166 Å². The first-order valence-electron chi connectivity index (χ1n) is 9.35. The molecular weight excluding hydrogens is 370 g/mol. The summed E-state index contributed by atoms with van der Waals surface area (Å²) in [4.78, 5) is 41.3. The number of nitrogens with zero attached hydrogens (tertiary/aromatic N) is 3. The van der Waals surface area contributed by atoms with Gasteiger partial charge in [-0.05, 0) is 42.7 Å². The fourth-order valence-corrected chi connectivity index (χ4v) is 3.89. The molecule has 0 fully saturated rings. The monoisotopic (exact) mass is 387 g/mol. The van der Waals surface area contributed by atoms with Crippen LogP contribution in [0.2, 0.25) is 0 Å². The number of anilines is 1. The second kappa shape index (κ2) is 6.41. The third-order valence-corrected chi connectivity index (χ3v) is 5.40. The van der Waals surface area contributed by atoms with E-state index in [9.17, 15) is 14.4 Å². The Morgan fingerprint density at radius 3 is 2.52 bits per heavy atom. The fourth-order valence-electron chi connectivity index (χ4n) is 3.89. The number of hydrogen-bond acceptors (Lipinski definition) is 5. The average Bonchev–Trinajstić information content (AvgIpc) is 3.27. The summed E-state index contributed by atoms with van der Waals surface area (Å²) in [6.07, 6.45) is 0.795. The quantitative estimate of drug-likeness (QED) is 0.631. The lowest BCUT2D eigenvalue weighted by atomic mass is 9.98. The number of fused-ring (bicyclic) bond motifs is 2. The van der Waals surface area contributed by atoms with Gasteiger partial charge in [0.05, 0.1) is 11.1 Å². The van der Waals surface area contributed by atoms with E-state index in [1.54, 1.807) is 17.9 Å². The van der Waals surface area contributed by atoms with Crippen LogP contribution in [0, 0.1) is 6.92 Å². The minimum absolute atomic E-state index is 0.147. The van der Waals surface area contributed by atoms with Crippen LogP contribution >= 0.6 is 0 Å². The first-order chi connectivity index (χ1) is 14.0. The van der Waals surface area contributed by atoms with Crippen molar-refractivity contribution in [2.75, 3.05) is 11.4 Å². The van der Waals surface area contributed by atoms with E-state index in [1.807, 2.05) is 18.2 Å². The number of benzene rings is 2. The van der Waals surface area contributed by atoms with E-state index in [1.165, 1.54) is 23.8 Å². The van der Waals surface area contributed by atoms with Crippen LogP contribution in [-0.2, 0) is 13.0 Å². The first kappa shape index (κ1) is 17.4. The molecule has 3 heterocycles. The lowest BCUT2D eigenvalue weighted by molar-refractivity contribution is 0.0734. The molecule has 0 radical (unpaired) electrons. The molecule has 0 bridgehead atoms. The second-order valence-corrected chi connectivity index (χ2v) is 7.25. The van der Waals surface area contributed by atoms with Crippen LogP contribution in [-0.4, -0.2) is 34.3 Å². The number of aromatic nitrogens is 1. The largest absolute Gasteiger partial charge is 0.360 e. The van der Waals surface area contributed by atoms with Gasteiger partial charge >= 0.3 is 0 Å². The maximum Gasteiger partial charge on any atom is 0.267 e. The van der Waals surface area contributed by atoms with Crippen molar-refractivity contribution in [3.63, 3.8) is 0 Å². The molecular formula is C22H17N3O4. The standard InChI is InChI=1S/C22H17N3O4/c1-13-10-19(23-29-13)25-21(27)17-7-6-15(11-18(17)22(25)28)20(26)24-9-8-14-4-2-3-5-16(14)12-24/h2-7,10-11H,8-9,12H2,1H3. The molecule has 0 N–H and O–H groups in total. The molecule has 0 aliphatic carbocycles. The summed E-state index contributed by atoms with van der Waals surface area (Å²) < 4.78 is 4.99. The van der Waals surface area contributed by atoms with Crippen LogP contribution in [0.5, 0.6) is 0 Å². The van der Waals surface area contributed by atoms with Gasteiger partial charge in [-0.1, -0.05) is 29.4 Å². The molecule has 0 unspecified atom stereocenters. The Morgan fingerprint density at radius 2 is 1.76 bits per heavy atom. The van der Waals surface area contributed by atoms with Gasteiger partial charge in [0.2, 0.25) is 0 Å². The third-order valence-electron chi connectivity index (χ3n) is 5.40. The molecule has 144 valence electrons. The van der Waals surface area contributed by atoms with E-state index in [2.05, 4.69) is 11.2 Å². The summed E-state index contributed by atoms with van der Waals surface area (Å²) in [5.41, 5.74) is 3.24. The summed E-state index contributed by atoms with van der Waals surface area (Å²) >= 11 is 0.